The summed E-state index contributed by atoms with van der Waals surface area (Å²) in [6, 6.07) is 12.5. The van der Waals surface area contributed by atoms with Crippen LogP contribution in [0.5, 0.6) is 0 Å². The highest BCUT2D eigenvalue weighted by Crippen LogP contribution is 2.52. The number of benzene rings is 1. The third-order valence-corrected chi connectivity index (χ3v) is 7.45. The summed E-state index contributed by atoms with van der Waals surface area (Å²) in [5, 5.41) is 0. The molecule has 2 amide bonds. The molecule has 6 heteroatoms. The van der Waals surface area contributed by atoms with Gasteiger partial charge in [-0.3, -0.25) is 9.59 Å². The van der Waals surface area contributed by atoms with Gasteiger partial charge in [0.25, 0.3) is 0 Å². The Morgan fingerprint density at radius 3 is 2.87 bits per heavy atom. The first-order chi connectivity index (χ1) is 15.0. The van der Waals surface area contributed by atoms with Crippen molar-refractivity contribution in [3.63, 3.8) is 0 Å². The summed E-state index contributed by atoms with van der Waals surface area (Å²) in [6.07, 6.45) is 6.63. The molecule has 6 rings (SSSR count). The lowest BCUT2D eigenvalue weighted by atomic mass is 9.76. The minimum Gasteiger partial charge on any atom is -0.360 e. The molecular weight excluding hydrogens is 390 g/mol. The lowest BCUT2D eigenvalue weighted by molar-refractivity contribution is -0.144. The van der Waals surface area contributed by atoms with Crippen molar-refractivity contribution in [2.24, 2.45) is 11.8 Å². The van der Waals surface area contributed by atoms with Gasteiger partial charge in [0.1, 0.15) is 5.60 Å². The van der Waals surface area contributed by atoms with E-state index >= 15 is 0 Å². The number of hydrogen-bond donors (Lipinski definition) is 0. The van der Waals surface area contributed by atoms with E-state index < -0.39 is 17.4 Å². The van der Waals surface area contributed by atoms with Gasteiger partial charge in [0.15, 0.2) is 0 Å². The molecule has 0 N–H and O–H groups in total. The van der Waals surface area contributed by atoms with Crippen LogP contribution in [-0.2, 0) is 33.8 Å². The second-order valence-corrected chi connectivity index (χ2v) is 9.35. The molecule has 0 aliphatic carbocycles. The van der Waals surface area contributed by atoms with Crippen molar-refractivity contribution in [3.8, 4) is 0 Å². The normalized spacial score (nSPS) is 30.7. The minimum absolute atomic E-state index is 0.0578. The summed E-state index contributed by atoms with van der Waals surface area (Å²) < 4.78 is 8.50. The molecule has 0 radical (unpaired) electrons. The van der Waals surface area contributed by atoms with Crippen LogP contribution < -0.4 is 0 Å². The van der Waals surface area contributed by atoms with E-state index in [1.165, 1.54) is 11.1 Å². The van der Waals surface area contributed by atoms with E-state index in [1.54, 1.807) is 0 Å². The number of nitrogens with zero attached hydrogens (tertiary/aromatic N) is 3. The first kappa shape index (κ1) is 18.9. The van der Waals surface area contributed by atoms with Gasteiger partial charge >= 0.3 is 0 Å². The van der Waals surface area contributed by atoms with Gasteiger partial charge in [0.2, 0.25) is 11.8 Å². The van der Waals surface area contributed by atoms with E-state index in [-0.39, 0.29) is 17.9 Å². The third-order valence-electron chi connectivity index (χ3n) is 7.45. The molecule has 4 atom stereocenters. The molecule has 2 aromatic rings. The Balaban J connectivity index is 1.20. The van der Waals surface area contributed by atoms with E-state index in [2.05, 4.69) is 48.0 Å². The molecule has 2 bridgehead atoms. The number of amides is 2. The van der Waals surface area contributed by atoms with Crippen LogP contribution in [0.15, 0.2) is 54.7 Å². The number of aromatic nitrogens is 1. The molecule has 0 unspecified atom stereocenters. The molecule has 160 valence electrons. The van der Waals surface area contributed by atoms with Crippen molar-refractivity contribution in [2.45, 2.75) is 38.1 Å². The van der Waals surface area contributed by atoms with Gasteiger partial charge in [-0.25, -0.2) is 0 Å². The number of carbonyl (C=O) groups excluding carboxylic acids is 2. The second kappa shape index (κ2) is 6.82. The van der Waals surface area contributed by atoms with E-state index in [9.17, 15) is 9.59 Å². The fraction of sp³-hybridized carbons (Fsp3) is 0.440. The van der Waals surface area contributed by atoms with Crippen LogP contribution in [0.25, 0.3) is 0 Å². The van der Waals surface area contributed by atoms with Crippen LogP contribution in [0.3, 0.4) is 0 Å². The largest absolute Gasteiger partial charge is 0.360 e. The highest BCUT2D eigenvalue weighted by atomic mass is 16.5. The third kappa shape index (κ3) is 2.88. The number of hydrogen-bond acceptors (Lipinski definition) is 3. The van der Waals surface area contributed by atoms with Crippen molar-refractivity contribution in [3.05, 3.63) is 71.6 Å². The van der Waals surface area contributed by atoms with Crippen molar-refractivity contribution >= 4 is 11.8 Å². The van der Waals surface area contributed by atoms with Crippen molar-refractivity contribution in [2.75, 3.05) is 19.6 Å². The monoisotopic (exact) mass is 417 g/mol. The summed E-state index contributed by atoms with van der Waals surface area (Å²) in [5.74, 6) is -0.690. The number of aryl methyl sites for hydroxylation is 1. The Morgan fingerprint density at radius 1 is 1.19 bits per heavy atom. The maximum atomic E-state index is 13.6. The predicted molar refractivity (Wildman–Crippen MR) is 115 cm³/mol. The molecular formula is C25H27N3O3. The quantitative estimate of drug-likeness (QED) is 0.717. The Labute approximate surface area is 182 Å². The lowest BCUT2D eigenvalue weighted by Crippen LogP contribution is -2.48. The Kier molecular flexibility index (Phi) is 4.15. The summed E-state index contributed by atoms with van der Waals surface area (Å²) in [5.41, 5.74) is 2.96. The first-order valence-electron chi connectivity index (χ1n) is 11.2. The van der Waals surface area contributed by atoms with Gasteiger partial charge in [-0.05, 0) is 31.0 Å². The smallest absolute Gasteiger partial charge is 0.230 e. The first-order valence-corrected chi connectivity index (χ1v) is 11.2. The molecule has 0 saturated carbocycles. The van der Waals surface area contributed by atoms with Gasteiger partial charge < -0.3 is 19.1 Å². The Morgan fingerprint density at radius 2 is 2.03 bits per heavy atom. The zero-order valence-electron chi connectivity index (χ0n) is 17.7. The standard InChI is InChI=1S/C25H27N3O3/c1-17-4-6-18(7-5-17)9-12-28-16-25-10-8-20(31-25)21(22(25)24(28)30)23(29)27-14-13-26-11-2-3-19(26)15-27/h2-8,10-11,20-22H,9,12-16H2,1H3/t20-,21+,22+,25-/m0/s1. The minimum atomic E-state index is -0.634. The number of carbonyl (C=O) groups is 2. The van der Waals surface area contributed by atoms with Crippen LogP contribution in [0, 0.1) is 18.8 Å². The molecule has 2 fully saturated rings. The molecule has 1 aromatic heterocycles. The highest BCUT2D eigenvalue weighted by molar-refractivity contribution is 5.93. The van der Waals surface area contributed by atoms with Gasteiger partial charge in [-0.15, -0.1) is 0 Å². The number of rotatable bonds is 4. The van der Waals surface area contributed by atoms with Gasteiger partial charge in [-0.1, -0.05) is 42.0 Å². The highest BCUT2D eigenvalue weighted by Gasteiger charge is 2.67. The maximum absolute atomic E-state index is 13.6. The van der Waals surface area contributed by atoms with Crippen LogP contribution in [0.2, 0.25) is 0 Å². The maximum Gasteiger partial charge on any atom is 0.230 e. The molecule has 31 heavy (non-hydrogen) atoms. The average molecular weight is 418 g/mol. The predicted octanol–water partition coefficient (Wildman–Crippen LogP) is 2.16. The number of ether oxygens (including phenoxy) is 1. The Hall–Kier alpha value is -2.86. The van der Waals surface area contributed by atoms with Crippen molar-refractivity contribution < 1.29 is 14.3 Å². The van der Waals surface area contributed by atoms with Crippen LogP contribution in [-0.4, -0.2) is 57.5 Å². The molecule has 2 saturated heterocycles. The zero-order chi connectivity index (χ0) is 21.2. The molecule has 4 aliphatic heterocycles. The van der Waals surface area contributed by atoms with Crippen LogP contribution in [0.1, 0.15) is 16.8 Å². The summed E-state index contributed by atoms with van der Waals surface area (Å²) in [4.78, 5) is 30.8. The van der Waals surface area contributed by atoms with E-state index in [1.807, 2.05) is 28.0 Å². The molecule has 4 aliphatic rings. The average Bonchev–Trinajstić information content (AvgIpc) is 3.53. The fourth-order valence-corrected chi connectivity index (χ4v) is 5.78. The Bertz CT molecular complexity index is 1070. The van der Waals surface area contributed by atoms with E-state index in [0.29, 0.717) is 26.2 Å². The molecule has 1 spiro atoms. The second-order valence-electron chi connectivity index (χ2n) is 9.35. The SMILES string of the molecule is Cc1ccc(CCN2C[C@]34C=C[C@H](O3)[C@@H](C(=O)N3CCn5cccc5C3)[C@@H]4C2=O)cc1. The fourth-order valence-electron chi connectivity index (χ4n) is 5.78. The van der Waals surface area contributed by atoms with Crippen molar-refractivity contribution in [1.82, 2.24) is 14.4 Å². The lowest BCUT2D eigenvalue weighted by Gasteiger charge is -2.33. The summed E-state index contributed by atoms with van der Waals surface area (Å²) in [6.45, 7) is 5.35. The van der Waals surface area contributed by atoms with Gasteiger partial charge in [-0.2, -0.15) is 0 Å². The van der Waals surface area contributed by atoms with Crippen LogP contribution >= 0.6 is 0 Å². The van der Waals surface area contributed by atoms with E-state index in [4.69, 9.17) is 4.74 Å². The van der Waals surface area contributed by atoms with Crippen LogP contribution in [0.4, 0.5) is 0 Å². The molecule has 5 heterocycles. The zero-order valence-corrected chi connectivity index (χ0v) is 17.7. The topological polar surface area (TPSA) is 54.8 Å². The van der Waals surface area contributed by atoms with Gasteiger partial charge in [0.05, 0.1) is 31.0 Å². The summed E-state index contributed by atoms with van der Waals surface area (Å²) >= 11 is 0. The number of likely N-dealkylation sites (tertiary alicyclic amines) is 1. The molecule has 1 aromatic carbocycles. The summed E-state index contributed by atoms with van der Waals surface area (Å²) in [7, 11) is 0. The molecule has 6 nitrogen and oxygen atoms in total. The van der Waals surface area contributed by atoms with Crippen molar-refractivity contribution in [1.29, 1.82) is 0 Å². The number of fused-ring (bicyclic) bond motifs is 2. The van der Waals surface area contributed by atoms with E-state index in [0.717, 1.165) is 18.7 Å². The van der Waals surface area contributed by atoms with Gasteiger partial charge in [0, 0.05) is 31.5 Å².